The first-order valence-corrected chi connectivity index (χ1v) is 7.64. The molecule has 2 amide bonds. The zero-order valence-electron chi connectivity index (χ0n) is 14.5. The van der Waals surface area contributed by atoms with Crippen molar-refractivity contribution in [3.63, 3.8) is 0 Å². The SMILES string of the molecule is CNCC[N+](C)(C)CCCCNC(=O)NC(C)(C)C(C)=O. The minimum absolute atomic E-state index is 0.0544. The molecule has 0 aliphatic heterocycles. The van der Waals surface area contributed by atoms with E-state index in [9.17, 15) is 9.59 Å². The first-order valence-electron chi connectivity index (χ1n) is 7.64. The van der Waals surface area contributed by atoms with E-state index in [0.717, 1.165) is 37.0 Å². The smallest absolute Gasteiger partial charge is 0.315 e. The first-order chi connectivity index (χ1) is 9.60. The second kappa shape index (κ2) is 9.00. The third-order valence-corrected chi connectivity index (χ3v) is 3.75. The van der Waals surface area contributed by atoms with Gasteiger partial charge in [-0.3, -0.25) is 4.79 Å². The Labute approximate surface area is 129 Å². The zero-order valence-corrected chi connectivity index (χ0v) is 14.5. The highest BCUT2D eigenvalue weighted by Gasteiger charge is 2.25. The highest BCUT2D eigenvalue weighted by atomic mass is 16.2. The number of quaternary nitrogens is 1. The zero-order chi connectivity index (χ0) is 16.5. The molecule has 3 N–H and O–H groups in total. The van der Waals surface area contributed by atoms with Crippen LogP contribution in [0.4, 0.5) is 4.79 Å². The molecule has 6 nitrogen and oxygen atoms in total. The van der Waals surface area contributed by atoms with E-state index in [-0.39, 0.29) is 11.8 Å². The van der Waals surface area contributed by atoms with Gasteiger partial charge in [0.15, 0.2) is 5.78 Å². The van der Waals surface area contributed by atoms with Crippen LogP contribution in [0.5, 0.6) is 0 Å². The highest BCUT2D eigenvalue weighted by Crippen LogP contribution is 2.03. The lowest BCUT2D eigenvalue weighted by Crippen LogP contribution is -2.52. The summed E-state index contributed by atoms with van der Waals surface area (Å²) >= 11 is 0. The van der Waals surface area contributed by atoms with E-state index in [2.05, 4.69) is 30.0 Å². The Morgan fingerprint density at radius 3 is 2.19 bits per heavy atom. The van der Waals surface area contributed by atoms with Gasteiger partial charge in [0.05, 0.1) is 32.7 Å². The molecule has 0 rings (SSSR count). The van der Waals surface area contributed by atoms with Crippen molar-refractivity contribution in [1.29, 1.82) is 0 Å². The molecule has 0 unspecified atom stereocenters. The number of amides is 2. The summed E-state index contributed by atoms with van der Waals surface area (Å²) in [5.74, 6) is -0.0544. The van der Waals surface area contributed by atoms with Crippen LogP contribution in [0.1, 0.15) is 33.6 Å². The summed E-state index contributed by atoms with van der Waals surface area (Å²) < 4.78 is 0.977. The lowest BCUT2D eigenvalue weighted by atomic mass is 10.0. The Morgan fingerprint density at radius 2 is 1.67 bits per heavy atom. The fourth-order valence-electron chi connectivity index (χ4n) is 1.81. The van der Waals surface area contributed by atoms with Crippen molar-refractivity contribution >= 4 is 11.8 Å². The van der Waals surface area contributed by atoms with Gasteiger partial charge in [0.1, 0.15) is 0 Å². The Hall–Kier alpha value is -1.14. The lowest BCUT2D eigenvalue weighted by Gasteiger charge is -2.29. The van der Waals surface area contributed by atoms with Gasteiger partial charge in [0.2, 0.25) is 0 Å². The third kappa shape index (κ3) is 9.42. The van der Waals surface area contributed by atoms with Crippen LogP contribution in [0.3, 0.4) is 0 Å². The molecule has 0 spiro atoms. The second-order valence-electron chi connectivity index (χ2n) is 6.76. The van der Waals surface area contributed by atoms with Crippen LogP contribution in [0.15, 0.2) is 0 Å². The number of likely N-dealkylation sites (N-methyl/N-ethyl adjacent to an activating group) is 2. The van der Waals surface area contributed by atoms with Crippen LogP contribution in [0.2, 0.25) is 0 Å². The minimum Gasteiger partial charge on any atom is -0.338 e. The molecule has 0 aliphatic rings. The van der Waals surface area contributed by atoms with E-state index in [1.165, 1.54) is 6.92 Å². The molecule has 0 aliphatic carbocycles. The summed E-state index contributed by atoms with van der Waals surface area (Å²) in [5.41, 5.74) is -0.809. The standard InChI is InChI=1S/C15H32N4O2/c1-13(20)15(2,3)18-14(21)17-9-7-8-11-19(5,6)12-10-16-4/h16H,7-12H2,1-6H3,(H-,17,18,21)/p+1. The Balaban J connectivity index is 3.81. The van der Waals surface area contributed by atoms with Crippen LogP contribution in [-0.4, -0.2) is 69.2 Å². The van der Waals surface area contributed by atoms with Crippen LogP contribution in [0, 0.1) is 0 Å². The molecule has 0 aromatic carbocycles. The average molecular weight is 301 g/mol. The number of carbonyl (C=O) groups is 2. The highest BCUT2D eigenvalue weighted by molar-refractivity contribution is 5.90. The minimum atomic E-state index is -0.809. The number of hydrogen-bond donors (Lipinski definition) is 3. The molecule has 0 saturated heterocycles. The number of nitrogens with one attached hydrogen (secondary N) is 3. The van der Waals surface area contributed by atoms with Crippen LogP contribution >= 0.6 is 0 Å². The van der Waals surface area contributed by atoms with Crippen molar-refractivity contribution < 1.29 is 14.1 Å². The third-order valence-electron chi connectivity index (χ3n) is 3.75. The molecule has 124 valence electrons. The van der Waals surface area contributed by atoms with Crippen LogP contribution in [-0.2, 0) is 4.79 Å². The van der Waals surface area contributed by atoms with E-state index < -0.39 is 5.54 Å². The molecule has 21 heavy (non-hydrogen) atoms. The molecule has 0 atom stereocenters. The monoisotopic (exact) mass is 301 g/mol. The van der Waals surface area contributed by atoms with Gasteiger partial charge in [-0.25, -0.2) is 4.79 Å². The normalized spacial score (nSPS) is 12.1. The topological polar surface area (TPSA) is 70.2 Å². The molecule has 0 bridgehead atoms. The summed E-state index contributed by atoms with van der Waals surface area (Å²) in [5, 5.41) is 8.64. The predicted octanol–water partition coefficient (Wildman–Crippen LogP) is 0.729. The summed E-state index contributed by atoms with van der Waals surface area (Å²) in [4.78, 5) is 23.0. The Morgan fingerprint density at radius 1 is 1.05 bits per heavy atom. The molecule has 0 heterocycles. The summed E-state index contributed by atoms with van der Waals surface area (Å²) in [6.07, 6.45) is 2.00. The number of carbonyl (C=O) groups excluding carboxylic acids is 2. The molecule has 0 aromatic rings. The van der Waals surface area contributed by atoms with Crippen molar-refractivity contribution in [3.8, 4) is 0 Å². The van der Waals surface area contributed by atoms with Gasteiger partial charge in [-0.15, -0.1) is 0 Å². The van der Waals surface area contributed by atoms with Crippen molar-refractivity contribution in [1.82, 2.24) is 16.0 Å². The van der Waals surface area contributed by atoms with E-state index in [0.29, 0.717) is 6.54 Å². The number of urea groups is 1. The first kappa shape index (κ1) is 19.9. The maximum absolute atomic E-state index is 11.7. The van der Waals surface area contributed by atoms with Gasteiger partial charge in [0, 0.05) is 13.1 Å². The number of rotatable bonds is 10. The van der Waals surface area contributed by atoms with E-state index in [1.54, 1.807) is 13.8 Å². The van der Waals surface area contributed by atoms with Crippen molar-refractivity contribution in [2.75, 3.05) is 47.3 Å². The Kier molecular flexibility index (Phi) is 8.51. The second-order valence-corrected chi connectivity index (χ2v) is 6.76. The molecule has 0 aromatic heterocycles. The van der Waals surface area contributed by atoms with Crippen LogP contribution in [0.25, 0.3) is 0 Å². The molecule has 0 saturated carbocycles. The predicted molar refractivity (Wildman–Crippen MR) is 86.3 cm³/mol. The van der Waals surface area contributed by atoms with Gasteiger partial charge >= 0.3 is 6.03 Å². The molecule has 0 radical (unpaired) electrons. The molecular formula is C15H33N4O2+. The van der Waals surface area contributed by atoms with Gasteiger partial charge in [-0.2, -0.15) is 0 Å². The largest absolute Gasteiger partial charge is 0.338 e. The lowest BCUT2D eigenvalue weighted by molar-refractivity contribution is -0.889. The van der Waals surface area contributed by atoms with Crippen molar-refractivity contribution in [2.45, 2.75) is 39.2 Å². The molecular weight excluding hydrogens is 268 g/mol. The number of hydrogen-bond acceptors (Lipinski definition) is 3. The van der Waals surface area contributed by atoms with E-state index in [1.807, 2.05) is 7.05 Å². The van der Waals surface area contributed by atoms with Crippen LogP contribution < -0.4 is 16.0 Å². The number of nitrogens with zero attached hydrogens (tertiary/aromatic N) is 1. The average Bonchev–Trinajstić information content (AvgIpc) is 2.35. The van der Waals surface area contributed by atoms with E-state index >= 15 is 0 Å². The maximum Gasteiger partial charge on any atom is 0.315 e. The maximum atomic E-state index is 11.7. The number of ketones is 1. The van der Waals surface area contributed by atoms with Crippen molar-refractivity contribution in [2.24, 2.45) is 0 Å². The fraction of sp³-hybridized carbons (Fsp3) is 0.867. The summed E-state index contributed by atoms with van der Waals surface area (Å²) in [6.45, 7) is 8.71. The quantitative estimate of drug-likeness (QED) is 0.411. The van der Waals surface area contributed by atoms with E-state index in [4.69, 9.17) is 0 Å². The Bertz CT molecular complexity index is 341. The molecule has 0 fully saturated rings. The number of Topliss-reactive ketones (excluding diaryl/α,β-unsaturated/α-hetero) is 1. The van der Waals surface area contributed by atoms with Gasteiger partial charge in [0.25, 0.3) is 0 Å². The molecule has 6 heteroatoms. The number of unbranched alkanes of at least 4 members (excludes halogenated alkanes) is 1. The van der Waals surface area contributed by atoms with Gasteiger partial charge < -0.3 is 20.4 Å². The summed E-state index contributed by atoms with van der Waals surface area (Å²) in [7, 11) is 6.39. The van der Waals surface area contributed by atoms with Gasteiger partial charge in [-0.05, 0) is 40.7 Å². The fourth-order valence-corrected chi connectivity index (χ4v) is 1.81. The summed E-state index contributed by atoms with van der Waals surface area (Å²) in [6, 6.07) is -0.279. The van der Waals surface area contributed by atoms with Crippen molar-refractivity contribution in [3.05, 3.63) is 0 Å². The van der Waals surface area contributed by atoms with Gasteiger partial charge in [-0.1, -0.05) is 0 Å².